The second-order valence-electron chi connectivity index (χ2n) is 3.37. The summed E-state index contributed by atoms with van der Waals surface area (Å²) in [6.07, 6.45) is 6.47. The zero-order valence-corrected chi connectivity index (χ0v) is 7.85. The lowest BCUT2D eigenvalue weighted by molar-refractivity contribution is 0.0457. The third-order valence-electron chi connectivity index (χ3n) is 2.35. The van der Waals surface area contributed by atoms with Crippen LogP contribution in [0, 0.1) is 5.92 Å². The van der Waals surface area contributed by atoms with Crippen LogP contribution in [0.25, 0.3) is 0 Å². The second kappa shape index (κ2) is 4.28. The summed E-state index contributed by atoms with van der Waals surface area (Å²) in [5.74, 6) is 0.0262. The van der Waals surface area contributed by atoms with Gasteiger partial charge in [0.05, 0.1) is 12.8 Å². The van der Waals surface area contributed by atoms with Crippen molar-refractivity contribution in [1.29, 1.82) is 0 Å². The first-order valence-electron chi connectivity index (χ1n) is 4.76. The molecule has 1 aromatic heterocycles. The summed E-state index contributed by atoms with van der Waals surface area (Å²) in [6.45, 7) is 1.29. The summed E-state index contributed by atoms with van der Waals surface area (Å²) in [7, 11) is 0. The van der Waals surface area contributed by atoms with Gasteiger partial charge >= 0.3 is 0 Å². The number of nitrogens with zero attached hydrogens (tertiary/aromatic N) is 2. The summed E-state index contributed by atoms with van der Waals surface area (Å²) < 4.78 is 5.26. The molecular weight excluding hydrogens is 180 g/mol. The Balaban J connectivity index is 2.07. The van der Waals surface area contributed by atoms with Crippen molar-refractivity contribution in [2.75, 3.05) is 13.2 Å². The Morgan fingerprint density at radius 2 is 2.43 bits per heavy atom. The molecule has 1 aliphatic heterocycles. The molecule has 0 radical (unpaired) electrons. The highest BCUT2D eigenvalue weighted by Gasteiger charge is 2.23. The number of Topliss-reactive ketones (excluding diaryl/α,β-unsaturated/α-hetero) is 1. The predicted molar refractivity (Wildman–Crippen MR) is 49.9 cm³/mol. The van der Waals surface area contributed by atoms with E-state index in [0.29, 0.717) is 12.3 Å². The molecule has 1 aromatic rings. The fourth-order valence-corrected chi connectivity index (χ4v) is 1.58. The lowest BCUT2D eigenvalue weighted by Crippen LogP contribution is -2.25. The van der Waals surface area contributed by atoms with Crippen molar-refractivity contribution in [3.05, 3.63) is 24.3 Å². The van der Waals surface area contributed by atoms with Gasteiger partial charge < -0.3 is 4.74 Å². The summed E-state index contributed by atoms with van der Waals surface area (Å²) >= 11 is 0. The Morgan fingerprint density at radius 3 is 3.07 bits per heavy atom. The van der Waals surface area contributed by atoms with E-state index in [4.69, 9.17) is 4.74 Å². The summed E-state index contributed by atoms with van der Waals surface area (Å²) in [5.41, 5.74) is 0.447. The third kappa shape index (κ3) is 1.96. The molecule has 0 aliphatic carbocycles. The lowest BCUT2D eigenvalue weighted by Gasteiger charge is -2.20. The number of carbonyl (C=O) groups excluding carboxylic acids is 1. The lowest BCUT2D eigenvalue weighted by atomic mass is 9.96. The van der Waals surface area contributed by atoms with Gasteiger partial charge in [0.25, 0.3) is 0 Å². The van der Waals surface area contributed by atoms with Gasteiger partial charge in [0.15, 0.2) is 5.78 Å². The number of aromatic nitrogens is 2. The van der Waals surface area contributed by atoms with E-state index in [1.165, 1.54) is 12.4 Å². The Labute approximate surface area is 82.3 Å². The van der Waals surface area contributed by atoms with E-state index in [1.54, 1.807) is 6.20 Å². The number of ether oxygens (including phenoxy) is 1. The molecule has 74 valence electrons. The quantitative estimate of drug-likeness (QED) is 0.658. The fourth-order valence-electron chi connectivity index (χ4n) is 1.58. The third-order valence-corrected chi connectivity index (χ3v) is 2.35. The van der Waals surface area contributed by atoms with Crippen molar-refractivity contribution in [3.8, 4) is 0 Å². The van der Waals surface area contributed by atoms with Gasteiger partial charge in [0.1, 0.15) is 5.69 Å². The number of hydrogen-bond acceptors (Lipinski definition) is 4. The molecular formula is C10H12N2O2. The first kappa shape index (κ1) is 9.27. The molecule has 1 saturated heterocycles. The van der Waals surface area contributed by atoms with Crippen LogP contribution in [-0.4, -0.2) is 29.0 Å². The molecule has 2 rings (SSSR count). The number of rotatable bonds is 2. The smallest absolute Gasteiger partial charge is 0.188 e. The molecule has 0 bridgehead atoms. The zero-order chi connectivity index (χ0) is 9.80. The minimum atomic E-state index is -0.0274. The number of ketones is 1. The van der Waals surface area contributed by atoms with Crippen LogP contribution in [0.5, 0.6) is 0 Å². The Hall–Kier alpha value is -1.29. The van der Waals surface area contributed by atoms with Crippen LogP contribution in [0.3, 0.4) is 0 Å². The normalized spacial score (nSPS) is 21.9. The molecule has 4 nitrogen and oxygen atoms in total. The molecule has 1 aliphatic rings. The first-order chi connectivity index (χ1) is 6.88. The molecule has 0 amide bonds. The topological polar surface area (TPSA) is 52.1 Å². The molecule has 1 fully saturated rings. The fraction of sp³-hybridized carbons (Fsp3) is 0.500. The molecule has 2 heterocycles. The molecule has 14 heavy (non-hydrogen) atoms. The maximum atomic E-state index is 11.8. The largest absolute Gasteiger partial charge is 0.381 e. The van der Waals surface area contributed by atoms with E-state index < -0.39 is 0 Å². The molecule has 1 unspecified atom stereocenters. The highest BCUT2D eigenvalue weighted by atomic mass is 16.5. The summed E-state index contributed by atoms with van der Waals surface area (Å²) in [5, 5.41) is 0. The van der Waals surface area contributed by atoms with Gasteiger partial charge in [-0.15, -0.1) is 0 Å². The minimum absolute atomic E-state index is 0.0274. The van der Waals surface area contributed by atoms with Gasteiger partial charge in [0.2, 0.25) is 0 Å². The van der Waals surface area contributed by atoms with E-state index in [0.717, 1.165) is 19.4 Å². The van der Waals surface area contributed by atoms with E-state index >= 15 is 0 Å². The maximum absolute atomic E-state index is 11.8. The highest BCUT2D eigenvalue weighted by Crippen LogP contribution is 2.17. The number of carbonyl (C=O) groups is 1. The first-order valence-corrected chi connectivity index (χ1v) is 4.76. The number of hydrogen-bond donors (Lipinski definition) is 0. The summed E-state index contributed by atoms with van der Waals surface area (Å²) in [6, 6.07) is 0. The molecule has 0 spiro atoms. The van der Waals surface area contributed by atoms with Crippen molar-refractivity contribution >= 4 is 5.78 Å². The van der Waals surface area contributed by atoms with Gasteiger partial charge in [-0.1, -0.05) is 0 Å². The monoisotopic (exact) mass is 192 g/mol. The Morgan fingerprint density at radius 1 is 1.50 bits per heavy atom. The van der Waals surface area contributed by atoms with Gasteiger partial charge in [0, 0.05) is 24.9 Å². The van der Waals surface area contributed by atoms with Crippen LogP contribution in [0.4, 0.5) is 0 Å². The van der Waals surface area contributed by atoms with Crippen molar-refractivity contribution < 1.29 is 9.53 Å². The van der Waals surface area contributed by atoms with E-state index in [1.807, 2.05) is 0 Å². The van der Waals surface area contributed by atoms with Gasteiger partial charge in [-0.25, -0.2) is 4.98 Å². The van der Waals surface area contributed by atoms with Gasteiger partial charge in [-0.05, 0) is 12.8 Å². The predicted octanol–water partition coefficient (Wildman–Crippen LogP) is 1.09. The Bertz CT molecular complexity index is 307. The Kier molecular flexibility index (Phi) is 2.84. The standard InChI is InChI=1S/C10H12N2O2/c13-10(8-2-1-5-14-7-8)9-6-11-3-4-12-9/h3-4,6,8H,1-2,5,7H2. The average Bonchev–Trinajstić information content (AvgIpc) is 2.30. The van der Waals surface area contributed by atoms with Crippen LogP contribution < -0.4 is 0 Å². The van der Waals surface area contributed by atoms with Crippen LogP contribution in [0.15, 0.2) is 18.6 Å². The van der Waals surface area contributed by atoms with E-state index in [2.05, 4.69) is 9.97 Å². The zero-order valence-electron chi connectivity index (χ0n) is 7.85. The molecule has 1 atom stereocenters. The molecule has 0 saturated carbocycles. The van der Waals surface area contributed by atoms with Gasteiger partial charge in [-0.2, -0.15) is 0 Å². The average molecular weight is 192 g/mol. The highest BCUT2D eigenvalue weighted by molar-refractivity contribution is 5.95. The van der Waals surface area contributed by atoms with Crippen LogP contribution >= 0.6 is 0 Å². The van der Waals surface area contributed by atoms with Crippen LogP contribution in [-0.2, 0) is 4.74 Å². The SMILES string of the molecule is O=C(c1cnccn1)C1CCCOC1. The van der Waals surface area contributed by atoms with E-state index in [-0.39, 0.29) is 11.7 Å². The second-order valence-corrected chi connectivity index (χ2v) is 3.37. The van der Waals surface area contributed by atoms with Crippen LogP contribution in [0.1, 0.15) is 23.3 Å². The van der Waals surface area contributed by atoms with Crippen molar-refractivity contribution in [3.63, 3.8) is 0 Å². The van der Waals surface area contributed by atoms with E-state index in [9.17, 15) is 4.79 Å². The van der Waals surface area contributed by atoms with Crippen molar-refractivity contribution in [1.82, 2.24) is 9.97 Å². The summed E-state index contributed by atoms with van der Waals surface area (Å²) in [4.78, 5) is 19.7. The molecule has 0 aromatic carbocycles. The van der Waals surface area contributed by atoms with Gasteiger partial charge in [-0.3, -0.25) is 9.78 Å². The minimum Gasteiger partial charge on any atom is -0.381 e. The maximum Gasteiger partial charge on any atom is 0.188 e. The van der Waals surface area contributed by atoms with Crippen molar-refractivity contribution in [2.45, 2.75) is 12.8 Å². The molecule has 0 N–H and O–H groups in total. The van der Waals surface area contributed by atoms with Crippen LogP contribution in [0.2, 0.25) is 0 Å². The van der Waals surface area contributed by atoms with Crippen molar-refractivity contribution in [2.24, 2.45) is 5.92 Å². The molecule has 4 heteroatoms.